The van der Waals surface area contributed by atoms with Crippen LogP contribution in [-0.4, -0.2) is 26.0 Å². The van der Waals surface area contributed by atoms with E-state index in [1.54, 1.807) is 14.2 Å². The van der Waals surface area contributed by atoms with Gasteiger partial charge >= 0.3 is 0 Å². The summed E-state index contributed by atoms with van der Waals surface area (Å²) in [5, 5.41) is 0.480. The van der Waals surface area contributed by atoms with E-state index in [9.17, 15) is 0 Å². The maximum absolute atomic E-state index is 5.57. The summed E-state index contributed by atoms with van der Waals surface area (Å²) in [4.78, 5) is 0. The van der Waals surface area contributed by atoms with Gasteiger partial charge in [-0.15, -0.1) is 0 Å². The van der Waals surface area contributed by atoms with E-state index < -0.39 is 0 Å². The molecule has 0 heterocycles. The average Bonchev–Trinajstić information content (AvgIpc) is 2.35. The zero-order chi connectivity index (χ0) is 12.0. The van der Waals surface area contributed by atoms with Gasteiger partial charge in [0.2, 0.25) is 0 Å². The van der Waals surface area contributed by atoms with E-state index in [1.165, 1.54) is 5.56 Å². The third kappa shape index (κ3) is 3.61. The maximum atomic E-state index is 5.57. The van der Waals surface area contributed by atoms with Crippen molar-refractivity contribution in [3.63, 3.8) is 0 Å². The molecule has 0 aliphatic rings. The Morgan fingerprint density at radius 1 is 1.25 bits per heavy atom. The Balaban J connectivity index is 2.67. The summed E-state index contributed by atoms with van der Waals surface area (Å²) in [5.41, 5.74) is 6.80. The molecule has 1 atom stereocenters. The van der Waals surface area contributed by atoms with Crippen LogP contribution in [0.25, 0.3) is 0 Å². The molecule has 3 nitrogen and oxygen atoms in total. The third-order valence-corrected chi connectivity index (χ3v) is 3.58. The Morgan fingerprint density at radius 2 is 1.94 bits per heavy atom. The van der Waals surface area contributed by atoms with E-state index in [0.29, 0.717) is 11.8 Å². The molecule has 90 valence electrons. The molecule has 0 spiro atoms. The van der Waals surface area contributed by atoms with Crippen molar-refractivity contribution in [1.82, 2.24) is 0 Å². The number of rotatable bonds is 6. The summed E-state index contributed by atoms with van der Waals surface area (Å²) in [7, 11) is 3.29. The second-order valence-corrected chi connectivity index (χ2v) is 4.97. The highest BCUT2D eigenvalue weighted by Gasteiger charge is 2.06. The first-order valence-corrected chi connectivity index (χ1v) is 6.28. The summed E-state index contributed by atoms with van der Waals surface area (Å²) in [6.07, 6.45) is 0. The topological polar surface area (TPSA) is 44.5 Å². The molecule has 0 aliphatic heterocycles. The molecule has 0 radical (unpaired) electrons. The smallest absolute Gasteiger partial charge is 0.161 e. The first-order chi connectivity index (χ1) is 7.71. The lowest BCUT2D eigenvalue weighted by molar-refractivity contribution is 0.354. The number of thioether (sulfide) groups is 1. The van der Waals surface area contributed by atoms with Crippen molar-refractivity contribution in [2.75, 3.05) is 20.8 Å². The molecule has 0 saturated heterocycles. The quantitative estimate of drug-likeness (QED) is 0.830. The summed E-state index contributed by atoms with van der Waals surface area (Å²) >= 11 is 1.84. The Morgan fingerprint density at radius 3 is 2.50 bits per heavy atom. The monoisotopic (exact) mass is 241 g/mol. The Labute approximate surface area is 101 Å². The summed E-state index contributed by atoms with van der Waals surface area (Å²) < 4.78 is 10.4. The molecule has 16 heavy (non-hydrogen) atoms. The fourth-order valence-corrected chi connectivity index (χ4v) is 2.07. The molecule has 1 aromatic rings. The predicted octanol–water partition coefficient (Wildman–Crippen LogP) is 2.28. The SMILES string of the molecule is COc1ccc(CSC(C)CN)cc1OC. The van der Waals surface area contributed by atoms with Crippen LogP contribution < -0.4 is 15.2 Å². The molecular formula is C12H19NO2S. The van der Waals surface area contributed by atoms with Gasteiger partial charge in [0.1, 0.15) is 0 Å². The van der Waals surface area contributed by atoms with Gasteiger partial charge in [0.25, 0.3) is 0 Å². The largest absolute Gasteiger partial charge is 0.493 e. The molecule has 2 N–H and O–H groups in total. The number of nitrogens with two attached hydrogens (primary N) is 1. The molecular weight excluding hydrogens is 222 g/mol. The van der Waals surface area contributed by atoms with Crippen LogP contribution in [0.5, 0.6) is 11.5 Å². The second kappa shape index (κ2) is 6.66. The normalized spacial score (nSPS) is 12.2. The highest BCUT2D eigenvalue weighted by molar-refractivity contribution is 7.99. The lowest BCUT2D eigenvalue weighted by Gasteiger charge is -2.11. The van der Waals surface area contributed by atoms with Crippen molar-refractivity contribution in [3.8, 4) is 11.5 Å². The summed E-state index contributed by atoms with van der Waals surface area (Å²) in [6.45, 7) is 2.84. The van der Waals surface area contributed by atoms with Crippen LogP contribution in [0.3, 0.4) is 0 Å². The van der Waals surface area contributed by atoms with E-state index in [2.05, 4.69) is 13.0 Å². The molecule has 4 heteroatoms. The van der Waals surface area contributed by atoms with Crippen molar-refractivity contribution in [1.29, 1.82) is 0 Å². The van der Waals surface area contributed by atoms with Gasteiger partial charge in [-0.2, -0.15) is 11.8 Å². The van der Waals surface area contributed by atoms with Crippen molar-refractivity contribution in [3.05, 3.63) is 23.8 Å². The minimum Gasteiger partial charge on any atom is -0.493 e. The van der Waals surface area contributed by atoms with Crippen molar-refractivity contribution in [2.24, 2.45) is 5.73 Å². The van der Waals surface area contributed by atoms with Crippen LogP contribution in [0.4, 0.5) is 0 Å². The lowest BCUT2D eigenvalue weighted by Crippen LogP contribution is -2.12. The minimum absolute atomic E-state index is 0.480. The Bertz CT molecular complexity index is 331. The Kier molecular flexibility index (Phi) is 5.49. The third-order valence-electron chi connectivity index (χ3n) is 2.31. The standard InChI is InChI=1S/C12H19NO2S/c1-9(7-13)16-8-10-4-5-11(14-2)12(6-10)15-3/h4-6,9H,7-8,13H2,1-3H3. The van der Waals surface area contributed by atoms with Crippen molar-refractivity contribution >= 4 is 11.8 Å². The van der Waals surface area contributed by atoms with Gasteiger partial charge in [-0.25, -0.2) is 0 Å². The van der Waals surface area contributed by atoms with Crippen LogP contribution in [0, 0.1) is 0 Å². The van der Waals surface area contributed by atoms with Gasteiger partial charge < -0.3 is 15.2 Å². The molecule has 0 saturated carbocycles. The van der Waals surface area contributed by atoms with Crippen LogP contribution in [0.15, 0.2) is 18.2 Å². The zero-order valence-corrected chi connectivity index (χ0v) is 10.8. The predicted molar refractivity (Wildman–Crippen MR) is 69.4 cm³/mol. The number of benzene rings is 1. The minimum atomic E-state index is 0.480. The van der Waals surface area contributed by atoms with Crippen LogP contribution >= 0.6 is 11.8 Å². The van der Waals surface area contributed by atoms with E-state index in [0.717, 1.165) is 17.3 Å². The fraction of sp³-hybridized carbons (Fsp3) is 0.500. The number of hydrogen-bond donors (Lipinski definition) is 1. The maximum Gasteiger partial charge on any atom is 0.161 e. The number of ether oxygens (including phenoxy) is 2. The van der Waals surface area contributed by atoms with Gasteiger partial charge in [-0.3, -0.25) is 0 Å². The van der Waals surface area contributed by atoms with E-state index in [-0.39, 0.29) is 0 Å². The first-order valence-electron chi connectivity index (χ1n) is 5.23. The molecule has 0 aliphatic carbocycles. The van der Waals surface area contributed by atoms with Crippen molar-refractivity contribution in [2.45, 2.75) is 17.9 Å². The molecule has 1 aromatic carbocycles. The highest BCUT2D eigenvalue weighted by Crippen LogP contribution is 2.29. The van der Waals surface area contributed by atoms with Gasteiger partial charge in [0, 0.05) is 17.5 Å². The van der Waals surface area contributed by atoms with E-state index in [1.807, 2.05) is 23.9 Å². The lowest BCUT2D eigenvalue weighted by atomic mass is 10.2. The summed E-state index contributed by atoms with van der Waals surface area (Å²) in [6, 6.07) is 5.99. The average molecular weight is 241 g/mol. The van der Waals surface area contributed by atoms with Crippen LogP contribution in [0.2, 0.25) is 0 Å². The van der Waals surface area contributed by atoms with Gasteiger partial charge in [-0.1, -0.05) is 13.0 Å². The first kappa shape index (κ1) is 13.2. The van der Waals surface area contributed by atoms with Crippen LogP contribution in [0.1, 0.15) is 12.5 Å². The molecule has 1 unspecified atom stereocenters. The number of methoxy groups -OCH3 is 2. The second-order valence-electron chi connectivity index (χ2n) is 3.55. The van der Waals surface area contributed by atoms with Crippen LogP contribution in [-0.2, 0) is 5.75 Å². The van der Waals surface area contributed by atoms with Crippen molar-refractivity contribution < 1.29 is 9.47 Å². The summed E-state index contributed by atoms with van der Waals surface area (Å²) in [5.74, 6) is 2.49. The van der Waals surface area contributed by atoms with E-state index in [4.69, 9.17) is 15.2 Å². The fourth-order valence-electron chi connectivity index (χ4n) is 1.28. The molecule has 0 fully saturated rings. The highest BCUT2D eigenvalue weighted by atomic mass is 32.2. The van der Waals surface area contributed by atoms with Gasteiger partial charge in [0.15, 0.2) is 11.5 Å². The van der Waals surface area contributed by atoms with E-state index >= 15 is 0 Å². The Hall–Kier alpha value is -0.870. The zero-order valence-electron chi connectivity index (χ0n) is 10.0. The molecule has 0 aromatic heterocycles. The number of hydrogen-bond acceptors (Lipinski definition) is 4. The molecule has 1 rings (SSSR count). The molecule has 0 bridgehead atoms. The molecule has 0 amide bonds. The van der Waals surface area contributed by atoms with Gasteiger partial charge in [0.05, 0.1) is 14.2 Å². The van der Waals surface area contributed by atoms with Gasteiger partial charge in [-0.05, 0) is 17.7 Å².